The van der Waals surface area contributed by atoms with E-state index in [0.29, 0.717) is 0 Å². The van der Waals surface area contributed by atoms with Crippen molar-refractivity contribution < 1.29 is 5.21 Å². The highest BCUT2D eigenvalue weighted by Gasteiger charge is 2.22. The van der Waals surface area contributed by atoms with E-state index in [1.165, 1.54) is 21.5 Å². The van der Waals surface area contributed by atoms with E-state index in [0.717, 1.165) is 16.8 Å². The molecule has 0 aromatic heterocycles. The van der Waals surface area contributed by atoms with E-state index < -0.39 is 0 Å². The molecule has 0 spiro atoms. The van der Waals surface area contributed by atoms with E-state index in [1.807, 2.05) is 12.1 Å². The van der Waals surface area contributed by atoms with Crippen LogP contribution in [0.5, 0.6) is 0 Å². The Balaban J connectivity index is 1.68. The van der Waals surface area contributed by atoms with Crippen LogP contribution in [0.15, 0.2) is 90.1 Å². The molecule has 27 heavy (non-hydrogen) atoms. The van der Waals surface area contributed by atoms with Crippen LogP contribution in [0.1, 0.15) is 36.8 Å². The molecule has 0 saturated heterocycles. The van der Waals surface area contributed by atoms with Gasteiger partial charge in [-0.1, -0.05) is 104 Å². The molecular formula is C25H23NO. The van der Waals surface area contributed by atoms with Crippen LogP contribution in [0.2, 0.25) is 0 Å². The predicted molar refractivity (Wildman–Crippen MR) is 114 cm³/mol. The van der Waals surface area contributed by atoms with Gasteiger partial charge in [-0.25, -0.2) is 0 Å². The van der Waals surface area contributed by atoms with E-state index in [9.17, 15) is 5.21 Å². The molecule has 2 nitrogen and oxygen atoms in total. The van der Waals surface area contributed by atoms with Crippen molar-refractivity contribution in [2.45, 2.75) is 25.7 Å². The standard InChI is InChI=1S/C25H23NO/c1-17(21-13-11-19-7-3-5-9-23(19)15-21)25(26-27)18(2)22-14-12-20-8-4-6-10-24(20)16-22/h3-18,27H,1-2H3. The highest BCUT2D eigenvalue weighted by atomic mass is 16.4. The highest BCUT2D eigenvalue weighted by molar-refractivity contribution is 5.97. The van der Waals surface area contributed by atoms with E-state index in [2.05, 4.69) is 91.8 Å². The smallest absolute Gasteiger partial charge is 0.0714 e. The van der Waals surface area contributed by atoms with Crippen molar-refractivity contribution in [3.63, 3.8) is 0 Å². The van der Waals surface area contributed by atoms with Crippen molar-refractivity contribution in [2.24, 2.45) is 5.16 Å². The number of nitrogens with zero attached hydrogens (tertiary/aromatic N) is 1. The zero-order valence-corrected chi connectivity index (χ0v) is 15.6. The largest absolute Gasteiger partial charge is 0.411 e. The quantitative estimate of drug-likeness (QED) is 0.246. The lowest BCUT2D eigenvalue weighted by Gasteiger charge is -2.21. The fourth-order valence-electron chi connectivity index (χ4n) is 3.84. The van der Waals surface area contributed by atoms with Crippen LogP contribution >= 0.6 is 0 Å². The Labute approximate surface area is 159 Å². The molecule has 4 aromatic carbocycles. The summed E-state index contributed by atoms with van der Waals surface area (Å²) < 4.78 is 0. The third-order valence-electron chi connectivity index (χ3n) is 5.55. The molecule has 4 aromatic rings. The number of hydrogen-bond acceptors (Lipinski definition) is 2. The van der Waals surface area contributed by atoms with E-state index in [4.69, 9.17) is 0 Å². The molecule has 2 unspecified atom stereocenters. The van der Waals surface area contributed by atoms with Crippen molar-refractivity contribution in [3.8, 4) is 0 Å². The number of fused-ring (bicyclic) bond motifs is 2. The van der Waals surface area contributed by atoms with Gasteiger partial charge in [0, 0.05) is 11.8 Å². The number of hydrogen-bond donors (Lipinski definition) is 1. The number of benzene rings is 4. The molecule has 0 saturated carbocycles. The van der Waals surface area contributed by atoms with E-state index >= 15 is 0 Å². The normalized spacial score (nSPS) is 13.4. The summed E-state index contributed by atoms with van der Waals surface area (Å²) in [7, 11) is 0. The Hall–Kier alpha value is -3.13. The third-order valence-corrected chi connectivity index (χ3v) is 5.55. The third kappa shape index (κ3) is 3.31. The Bertz CT molecular complexity index is 1040. The summed E-state index contributed by atoms with van der Waals surface area (Å²) in [6, 6.07) is 29.6. The summed E-state index contributed by atoms with van der Waals surface area (Å²) in [5, 5.41) is 18.4. The summed E-state index contributed by atoms with van der Waals surface area (Å²) in [6.07, 6.45) is 0. The van der Waals surface area contributed by atoms with Gasteiger partial charge in [-0.2, -0.15) is 0 Å². The van der Waals surface area contributed by atoms with Crippen LogP contribution in [0.4, 0.5) is 0 Å². The molecule has 0 aliphatic carbocycles. The molecular weight excluding hydrogens is 330 g/mol. The molecule has 0 aliphatic heterocycles. The minimum absolute atomic E-state index is 0.0288. The van der Waals surface area contributed by atoms with Gasteiger partial charge in [0.05, 0.1) is 5.71 Å². The van der Waals surface area contributed by atoms with Crippen LogP contribution in [0.25, 0.3) is 21.5 Å². The van der Waals surface area contributed by atoms with Gasteiger partial charge in [-0.3, -0.25) is 0 Å². The first-order valence-corrected chi connectivity index (χ1v) is 9.36. The Morgan fingerprint density at radius 3 is 1.44 bits per heavy atom. The number of oxime groups is 1. The molecule has 0 aliphatic rings. The van der Waals surface area contributed by atoms with Crippen LogP contribution in [-0.2, 0) is 0 Å². The van der Waals surface area contributed by atoms with Gasteiger partial charge in [-0.15, -0.1) is 0 Å². The average molecular weight is 353 g/mol. The summed E-state index contributed by atoms with van der Waals surface area (Å²) in [4.78, 5) is 0. The first kappa shape index (κ1) is 17.3. The summed E-state index contributed by atoms with van der Waals surface area (Å²) in [6.45, 7) is 4.22. The number of rotatable bonds is 4. The fraction of sp³-hybridized carbons (Fsp3) is 0.160. The molecule has 0 radical (unpaired) electrons. The highest BCUT2D eigenvalue weighted by Crippen LogP contribution is 2.30. The molecule has 1 N–H and O–H groups in total. The zero-order valence-electron chi connectivity index (χ0n) is 15.6. The molecule has 0 amide bonds. The van der Waals surface area contributed by atoms with Gasteiger partial charge >= 0.3 is 0 Å². The second-order valence-corrected chi connectivity index (χ2v) is 7.18. The van der Waals surface area contributed by atoms with Gasteiger partial charge in [-0.05, 0) is 32.7 Å². The summed E-state index contributed by atoms with van der Waals surface area (Å²) in [5.74, 6) is 0.0575. The SMILES string of the molecule is CC(C(=NO)C(C)c1ccc2ccccc2c1)c1ccc2ccccc2c1. The molecule has 2 heteroatoms. The lowest BCUT2D eigenvalue weighted by molar-refractivity contribution is 0.314. The van der Waals surface area contributed by atoms with Crippen molar-refractivity contribution in [1.29, 1.82) is 0 Å². The van der Waals surface area contributed by atoms with E-state index in [1.54, 1.807) is 0 Å². The van der Waals surface area contributed by atoms with E-state index in [-0.39, 0.29) is 11.8 Å². The van der Waals surface area contributed by atoms with Gasteiger partial charge in [0.1, 0.15) is 0 Å². The van der Waals surface area contributed by atoms with Crippen molar-refractivity contribution in [2.75, 3.05) is 0 Å². The molecule has 0 heterocycles. The van der Waals surface area contributed by atoms with Crippen molar-refractivity contribution >= 4 is 27.3 Å². The first-order chi connectivity index (χ1) is 13.2. The maximum absolute atomic E-state index is 9.80. The fourth-order valence-corrected chi connectivity index (χ4v) is 3.84. The van der Waals surface area contributed by atoms with Gasteiger partial charge in [0.25, 0.3) is 0 Å². The topological polar surface area (TPSA) is 32.6 Å². The molecule has 0 fully saturated rings. The van der Waals surface area contributed by atoms with Crippen LogP contribution in [-0.4, -0.2) is 10.9 Å². The lowest BCUT2D eigenvalue weighted by Crippen LogP contribution is -2.17. The van der Waals surface area contributed by atoms with Crippen LogP contribution in [0, 0.1) is 0 Å². The lowest BCUT2D eigenvalue weighted by atomic mass is 9.84. The van der Waals surface area contributed by atoms with Gasteiger partial charge < -0.3 is 5.21 Å². The minimum atomic E-state index is 0.0288. The Morgan fingerprint density at radius 2 is 1.04 bits per heavy atom. The maximum Gasteiger partial charge on any atom is 0.0714 e. The predicted octanol–water partition coefficient (Wildman–Crippen LogP) is 6.73. The van der Waals surface area contributed by atoms with Crippen molar-refractivity contribution in [1.82, 2.24) is 0 Å². The Kier molecular flexibility index (Phi) is 4.64. The summed E-state index contributed by atoms with van der Waals surface area (Å²) in [5.41, 5.74) is 3.10. The molecule has 2 atom stereocenters. The molecule has 4 rings (SSSR count). The first-order valence-electron chi connectivity index (χ1n) is 9.36. The van der Waals surface area contributed by atoms with Crippen LogP contribution in [0.3, 0.4) is 0 Å². The zero-order chi connectivity index (χ0) is 18.8. The maximum atomic E-state index is 9.80. The monoisotopic (exact) mass is 353 g/mol. The second kappa shape index (κ2) is 7.24. The van der Waals surface area contributed by atoms with Gasteiger partial charge in [0.2, 0.25) is 0 Å². The average Bonchev–Trinajstić information content (AvgIpc) is 2.73. The Morgan fingerprint density at radius 1 is 0.630 bits per heavy atom. The molecule has 134 valence electrons. The van der Waals surface area contributed by atoms with Gasteiger partial charge in [0.15, 0.2) is 0 Å². The van der Waals surface area contributed by atoms with Crippen LogP contribution < -0.4 is 0 Å². The van der Waals surface area contributed by atoms with Crippen molar-refractivity contribution in [3.05, 3.63) is 96.1 Å². The summed E-state index contributed by atoms with van der Waals surface area (Å²) >= 11 is 0. The minimum Gasteiger partial charge on any atom is -0.411 e. The molecule has 0 bridgehead atoms. The second-order valence-electron chi connectivity index (χ2n) is 7.18.